The SMILES string of the molecule is O=c1nc2c3ccccc3c3c(-c4ccccc4)cc(-c4ccccc4)c4c5ccccc5c(n1)n2c34. The van der Waals surface area contributed by atoms with Crippen molar-refractivity contribution in [3.63, 3.8) is 0 Å². The van der Waals surface area contributed by atoms with Crippen LogP contribution in [0.1, 0.15) is 0 Å². The summed E-state index contributed by atoms with van der Waals surface area (Å²) in [6.07, 6.45) is 0. The van der Waals surface area contributed by atoms with Crippen LogP contribution in [-0.2, 0) is 0 Å². The lowest BCUT2D eigenvalue weighted by molar-refractivity contribution is 1.05. The van der Waals surface area contributed by atoms with E-state index < -0.39 is 5.69 Å². The van der Waals surface area contributed by atoms with Crippen molar-refractivity contribution in [2.75, 3.05) is 0 Å². The van der Waals surface area contributed by atoms with Gasteiger partial charge in [-0.05, 0) is 39.1 Å². The zero-order valence-corrected chi connectivity index (χ0v) is 19.7. The summed E-state index contributed by atoms with van der Waals surface area (Å²) in [6, 6.07) is 39.8. The summed E-state index contributed by atoms with van der Waals surface area (Å²) in [7, 11) is 0. The van der Waals surface area contributed by atoms with E-state index in [1.165, 1.54) is 0 Å². The molecule has 37 heavy (non-hydrogen) atoms. The molecule has 5 aromatic carbocycles. The molecule has 4 heteroatoms. The van der Waals surface area contributed by atoms with Crippen molar-refractivity contribution < 1.29 is 0 Å². The fourth-order valence-electron chi connectivity index (χ4n) is 5.90. The highest BCUT2D eigenvalue weighted by atomic mass is 16.1. The number of pyridine rings is 2. The lowest BCUT2D eigenvalue weighted by Gasteiger charge is -2.22. The van der Waals surface area contributed by atoms with E-state index in [1.54, 1.807) is 0 Å². The van der Waals surface area contributed by atoms with E-state index in [4.69, 9.17) is 0 Å². The quantitative estimate of drug-likeness (QED) is 0.193. The fourth-order valence-corrected chi connectivity index (χ4v) is 5.90. The molecule has 172 valence electrons. The van der Waals surface area contributed by atoms with E-state index in [-0.39, 0.29) is 0 Å². The first-order valence-corrected chi connectivity index (χ1v) is 12.3. The van der Waals surface area contributed by atoms with Crippen molar-refractivity contribution >= 4 is 49.1 Å². The van der Waals surface area contributed by atoms with Crippen LogP contribution in [0, 0.1) is 0 Å². The maximum absolute atomic E-state index is 12.8. The molecule has 0 fully saturated rings. The Bertz CT molecular complexity index is 2050. The minimum absolute atomic E-state index is 0.472. The minimum Gasteiger partial charge on any atom is -0.276 e. The Morgan fingerprint density at radius 1 is 0.486 bits per heavy atom. The highest BCUT2D eigenvalue weighted by Crippen LogP contribution is 2.46. The van der Waals surface area contributed by atoms with E-state index in [0.29, 0.717) is 11.3 Å². The molecule has 0 atom stereocenters. The van der Waals surface area contributed by atoms with Gasteiger partial charge < -0.3 is 0 Å². The molecule has 0 N–H and O–H groups in total. The van der Waals surface area contributed by atoms with Crippen LogP contribution in [0.2, 0.25) is 0 Å². The van der Waals surface area contributed by atoms with Crippen molar-refractivity contribution in [2.24, 2.45) is 0 Å². The molecule has 8 aromatic rings. The van der Waals surface area contributed by atoms with Crippen molar-refractivity contribution in [1.29, 1.82) is 0 Å². The maximum Gasteiger partial charge on any atom is 0.371 e. The average Bonchev–Trinajstić information content (AvgIpc) is 2.97. The molecule has 3 aromatic heterocycles. The summed E-state index contributed by atoms with van der Waals surface area (Å²) < 4.78 is 2.11. The number of aromatic nitrogens is 3. The predicted octanol–water partition coefficient (Wildman–Crippen LogP) is 7.47. The average molecular weight is 474 g/mol. The Morgan fingerprint density at radius 2 is 0.892 bits per heavy atom. The third-order valence-electron chi connectivity index (χ3n) is 7.40. The number of fused-ring (bicyclic) bond motifs is 6. The van der Waals surface area contributed by atoms with Crippen LogP contribution in [-0.4, -0.2) is 14.4 Å². The van der Waals surface area contributed by atoms with E-state index >= 15 is 0 Å². The maximum atomic E-state index is 12.8. The topological polar surface area (TPSA) is 47.3 Å². The summed E-state index contributed by atoms with van der Waals surface area (Å²) in [5.41, 5.74) is 6.39. The number of rotatable bonds is 2. The summed E-state index contributed by atoms with van der Waals surface area (Å²) >= 11 is 0. The number of hydrogen-bond donors (Lipinski definition) is 0. The molecule has 3 heterocycles. The van der Waals surface area contributed by atoms with Gasteiger partial charge in [-0.15, -0.1) is 0 Å². The van der Waals surface area contributed by atoms with Gasteiger partial charge in [0.05, 0.1) is 5.52 Å². The molecular weight excluding hydrogens is 454 g/mol. The van der Waals surface area contributed by atoms with Crippen molar-refractivity contribution in [2.45, 2.75) is 0 Å². The van der Waals surface area contributed by atoms with Gasteiger partial charge in [-0.25, -0.2) is 4.79 Å². The molecule has 0 aliphatic rings. The second-order valence-electron chi connectivity index (χ2n) is 9.38. The Hall–Kier alpha value is -5.09. The first kappa shape index (κ1) is 20.1. The van der Waals surface area contributed by atoms with Crippen molar-refractivity contribution in [1.82, 2.24) is 14.4 Å². The van der Waals surface area contributed by atoms with E-state index in [2.05, 4.69) is 93.2 Å². The third kappa shape index (κ3) is 2.75. The van der Waals surface area contributed by atoms with E-state index in [1.807, 2.05) is 36.4 Å². The van der Waals surface area contributed by atoms with Crippen LogP contribution in [0.25, 0.3) is 71.4 Å². The summed E-state index contributed by atoms with van der Waals surface area (Å²) in [6.45, 7) is 0. The Balaban J connectivity index is 1.80. The Labute approximate surface area is 211 Å². The summed E-state index contributed by atoms with van der Waals surface area (Å²) in [4.78, 5) is 21.7. The fraction of sp³-hybridized carbons (Fsp3) is 0. The van der Waals surface area contributed by atoms with Gasteiger partial charge >= 0.3 is 5.69 Å². The highest BCUT2D eigenvalue weighted by Gasteiger charge is 2.23. The standard InChI is InChI=1S/C33H19N3O/c37-33-34-31-24-17-9-7-15-22(24)28-26(20-11-3-1-4-12-20)19-27(21-13-5-2-6-14-21)29-23-16-8-10-18-25(23)32(35-33)36(31)30(28)29/h1-19H. The zero-order valence-electron chi connectivity index (χ0n) is 19.7. The highest BCUT2D eigenvalue weighted by molar-refractivity contribution is 6.30. The van der Waals surface area contributed by atoms with Crippen LogP contribution in [0.4, 0.5) is 0 Å². The second-order valence-corrected chi connectivity index (χ2v) is 9.38. The minimum atomic E-state index is -0.472. The molecule has 0 spiro atoms. The molecular formula is C33H19N3O. The van der Waals surface area contributed by atoms with Gasteiger partial charge in [-0.3, -0.25) is 4.40 Å². The second kappa shape index (κ2) is 7.45. The van der Waals surface area contributed by atoms with Gasteiger partial charge in [0.15, 0.2) is 11.3 Å². The first-order chi connectivity index (χ1) is 18.3. The van der Waals surface area contributed by atoms with Crippen LogP contribution in [0.15, 0.2) is 120 Å². The summed E-state index contributed by atoms with van der Waals surface area (Å²) in [5.74, 6) is 0. The molecule has 0 unspecified atom stereocenters. The molecule has 8 rings (SSSR count). The third-order valence-corrected chi connectivity index (χ3v) is 7.40. The monoisotopic (exact) mass is 473 g/mol. The molecule has 4 nitrogen and oxygen atoms in total. The zero-order chi connectivity index (χ0) is 24.5. The van der Waals surface area contributed by atoms with E-state index in [0.717, 1.165) is 60.1 Å². The van der Waals surface area contributed by atoms with E-state index in [9.17, 15) is 4.79 Å². The molecule has 0 saturated carbocycles. The van der Waals surface area contributed by atoms with Gasteiger partial charge in [0, 0.05) is 21.5 Å². The molecule has 0 aliphatic heterocycles. The van der Waals surface area contributed by atoms with Gasteiger partial charge in [-0.2, -0.15) is 9.97 Å². The molecule has 0 saturated heterocycles. The molecule has 0 amide bonds. The number of nitrogens with zero attached hydrogens (tertiary/aromatic N) is 3. The number of benzene rings is 5. The molecule has 0 aliphatic carbocycles. The van der Waals surface area contributed by atoms with Gasteiger partial charge in [0.1, 0.15) is 0 Å². The normalized spacial score (nSPS) is 11.9. The van der Waals surface area contributed by atoms with Gasteiger partial charge in [0.25, 0.3) is 0 Å². The van der Waals surface area contributed by atoms with Gasteiger partial charge in [0.2, 0.25) is 0 Å². The molecule has 0 bridgehead atoms. The largest absolute Gasteiger partial charge is 0.371 e. The van der Waals surface area contributed by atoms with Crippen LogP contribution < -0.4 is 5.69 Å². The smallest absolute Gasteiger partial charge is 0.276 e. The first-order valence-electron chi connectivity index (χ1n) is 12.3. The van der Waals surface area contributed by atoms with Crippen molar-refractivity contribution in [3.05, 3.63) is 126 Å². The Kier molecular flexibility index (Phi) is 4.06. The van der Waals surface area contributed by atoms with Gasteiger partial charge in [-0.1, -0.05) is 109 Å². The lowest BCUT2D eigenvalue weighted by atomic mass is 9.87. The Morgan fingerprint density at radius 3 is 1.35 bits per heavy atom. The van der Waals surface area contributed by atoms with Crippen LogP contribution in [0.5, 0.6) is 0 Å². The van der Waals surface area contributed by atoms with Crippen molar-refractivity contribution in [3.8, 4) is 22.3 Å². The van der Waals surface area contributed by atoms with Crippen LogP contribution in [0.3, 0.4) is 0 Å². The predicted molar refractivity (Wildman–Crippen MR) is 151 cm³/mol. The van der Waals surface area contributed by atoms with Crippen LogP contribution >= 0.6 is 0 Å². The molecule has 0 radical (unpaired) electrons. The lowest BCUT2D eigenvalue weighted by Crippen LogP contribution is -2.16. The number of hydrogen-bond acceptors (Lipinski definition) is 3. The summed E-state index contributed by atoms with van der Waals surface area (Å²) in [5, 5.41) is 6.27.